The van der Waals surface area contributed by atoms with Gasteiger partial charge in [-0.15, -0.1) is 10.2 Å². The van der Waals surface area contributed by atoms with Gasteiger partial charge in [-0.1, -0.05) is 0 Å². The van der Waals surface area contributed by atoms with Gasteiger partial charge < -0.3 is 14.4 Å². The van der Waals surface area contributed by atoms with E-state index in [-0.39, 0.29) is 0 Å². The first-order chi connectivity index (χ1) is 10.7. The second-order valence-electron chi connectivity index (χ2n) is 5.70. The van der Waals surface area contributed by atoms with Crippen LogP contribution in [0.25, 0.3) is 5.69 Å². The first-order valence-electron chi connectivity index (χ1n) is 7.53. The van der Waals surface area contributed by atoms with Gasteiger partial charge in [-0.3, -0.25) is 4.57 Å². The van der Waals surface area contributed by atoms with Crippen molar-refractivity contribution < 1.29 is 9.47 Å². The second-order valence-corrected chi connectivity index (χ2v) is 5.70. The van der Waals surface area contributed by atoms with Crippen molar-refractivity contribution in [3.63, 3.8) is 0 Å². The van der Waals surface area contributed by atoms with E-state index >= 15 is 0 Å². The Hall–Kier alpha value is -2.08. The van der Waals surface area contributed by atoms with Crippen molar-refractivity contribution in [2.24, 2.45) is 0 Å². The Labute approximate surface area is 130 Å². The van der Waals surface area contributed by atoms with Gasteiger partial charge in [0.2, 0.25) is 0 Å². The molecule has 0 N–H and O–H groups in total. The van der Waals surface area contributed by atoms with Crippen molar-refractivity contribution in [2.75, 3.05) is 34.4 Å². The molecule has 1 saturated heterocycles. The number of likely N-dealkylation sites (N-methyl/N-ethyl adjacent to an activating group) is 1. The molecule has 6 nitrogen and oxygen atoms in total. The molecule has 0 unspecified atom stereocenters. The summed E-state index contributed by atoms with van der Waals surface area (Å²) in [5.74, 6) is 2.94. The lowest BCUT2D eigenvalue weighted by atomic mass is 9.97. The number of piperidine rings is 1. The zero-order valence-electron chi connectivity index (χ0n) is 13.3. The molecule has 0 aliphatic carbocycles. The number of ether oxygens (including phenoxy) is 2. The molecule has 1 aliphatic rings. The summed E-state index contributed by atoms with van der Waals surface area (Å²) in [6.07, 6.45) is 4.07. The number of hydrogen-bond acceptors (Lipinski definition) is 5. The van der Waals surface area contributed by atoms with Gasteiger partial charge in [-0.05, 0) is 38.6 Å². The van der Waals surface area contributed by atoms with Crippen LogP contribution < -0.4 is 9.47 Å². The Bertz CT molecular complexity index is 641. The molecule has 2 heterocycles. The minimum absolute atomic E-state index is 0.386. The number of nitrogens with zero attached hydrogens (tertiary/aromatic N) is 4. The molecule has 1 aliphatic heterocycles. The van der Waals surface area contributed by atoms with E-state index in [0.29, 0.717) is 5.92 Å². The molecule has 6 heteroatoms. The molecule has 1 aromatic heterocycles. The van der Waals surface area contributed by atoms with Crippen LogP contribution in [0.15, 0.2) is 24.5 Å². The summed E-state index contributed by atoms with van der Waals surface area (Å²) >= 11 is 0. The maximum Gasteiger partial charge on any atom is 0.143 e. The van der Waals surface area contributed by atoms with Crippen LogP contribution in [0.5, 0.6) is 11.5 Å². The van der Waals surface area contributed by atoms with Gasteiger partial charge in [-0.2, -0.15) is 0 Å². The molecule has 1 aromatic carbocycles. The summed E-state index contributed by atoms with van der Waals surface area (Å²) in [4.78, 5) is 2.34. The van der Waals surface area contributed by atoms with Crippen molar-refractivity contribution in [3.8, 4) is 17.2 Å². The lowest BCUT2D eigenvalue weighted by Gasteiger charge is -2.29. The van der Waals surface area contributed by atoms with E-state index in [1.54, 1.807) is 20.5 Å². The minimum Gasteiger partial charge on any atom is -0.497 e. The van der Waals surface area contributed by atoms with E-state index < -0.39 is 0 Å². The maximum absolute atomic E-state index is 5.49. The molecule has 0 saturated carbocycles. The molecule has 0 radical (unpaired) electrons. The number of aromatic nitrogens is 3. The molecule has 1 fully saturated rings. The standard InChI is InChI=1S/C16H22N4O2/c1-19-8-4-5-12(10-19)16-18-17-11-20(16)14-9-13(21-2)6-7-15(14)22-3/h6-7,9,11-12H,4-5,8,10H2,1-3H3/t12-/m1/s1. The van der Waals surface area contributed by atoms with Crippen molar-refractivity contribution in [3.05, 3.63) is 30.4 Å². The van der Waals surface area contributed by atoms with Crippen LogP contribution in [0.2, 0.25) is 0 Å². The molecule has 0 amide bonds. The Morgan fingerprint density at radius 1 is 1.23 bits per heavy atom. The highest BCUT2D eigenvalue weighted by molar-refractivity contribution is 5.51. The Morgan fingerprint density at radius 2 is 2.09 bits per heavy atom. The lowest BCUT2D eigenvalue weighted by Crippen LogP contribution is -2.32. The fourth-order valence-corrected chi connectivity index (χ4v) is 3.07. The van der Waals surface area contributed by atoms with Crippen LogP contribution >= 0.6 is 0 Å². The first kappa shape index (κ1) is 14.8. The number of rotatable bonds is 4. The van der Waals surface area contributed by atoms with Gasteiger partial charge in [0.15, 0.2) is 0 Å². The average Bonchev–Trinajstić information content (AvgIpc) is 3.03. The molecule has 0 spiro atoms. The summed E-state index contributed by atoms with van der Waals surface area (Å²) < 4.78 is 12.8. The van der Waals surface area contributed by atoms with Gasteiger partial charge in [0, 0.05) is 18.5 Å². The molecule has 0 bridgehead atoms. The van der Waals surface area contributed by atoms with Crippen molar-refractivity contribution in [2.45, 2.75) is 18.8 Å². The number of benzene rings is 1. The molecule has 2 aromatic rings. The highest BCUT2D eigenvalue weighted by atomic mass is 16.5. The summed E-state index contributed by atoms with van der Waals surface area (Å²) in [5, 5.41) is 8.50. The Balaban J connectivity index is 2.01. The fraction of sp³-hybridized carbons (Fsp3) is 0.500. The van der Waals surface area contributed by atoms with E-state index in [9.17, 15) is 0 Å². The quantitative estimate of drug-likeness (QED) is 0.865. The topological polar surface area (TPSA) is 52.4 Å². The van der Waals surface area contributed by atoms with Crippen LogP contribution in [0, 0.1) is 0 Å². The third-order valence-electron chi connectivity index (χ3n) is 4.21. The summed E-state index contributed by atoms with van der Waals surface area (Å²) in [7, 11) is 5.48. The molecule has 22 heavy (non-hydrogen) atoms. The van der Waals surface area contributed by atoms with E-state index in [4.69, 9.17) is 9.47 Å². The normalized spacial score (nSPS) is 19.1. The fourth-order valence-electron chi connectivity index (χ4n) is 3.07. The third kappa shape index (κ3) is 2.78. The first-order valence-corrected chi connectivity index (χ1v) is 7.53. The lowest BCUT2D eigenvalue weighted by molar-refractivity contribution is 0.244. The van der Waals surface area contributed by atoms with E-state index in [1.165, 1.54) is 6.42 Å². The van der Waals surface area contributed by atoms with Crippen LogP contribution in [-0.2, 0) is 0 Å². The zero-order chi connectivity index (χ0) is 15.5. The third-order valence-corrected chi connectivity index (χ3v) is 4.21. The van der Waals surface area contributed by atoms with E-state index in [0.717, 1.165) is 42.5 Å². The largest absolute Gasteiger partial charge is 0.497 e. The highest BCUT2D eigenvalue weighted by Gasteiger charge is 2.25. The average molecular weight is 302 g/mol. The molecule has 118 valence electrons. The number of hydrogen-bond donors (Lipinski definition) is 0. The molecule has 3 rings (SSSR count). The van der Waals surface area contributed by atoms with Crippen LogP contribution in [0.4, 0.5) is 0 Å². The summed E-state index contributed by atoms with van der Waals surface area (Å²) in [6, 6.07) is 5.75. The van der Waals surface area contributed by atoms with Gasteiger partial charge in [0.05, 0.1) is 19.9 Å². The van der Waals surface area contributed by atoms with Crippen LogP contribution in [0.1, 0.15) is 24.6 Å². The molecular weight excluding hydrogens is 280 g/mol. The van der Waals surface area contributed by atoms with E-state index in [2.05, 4.69) is 22.1 Å². The predicted octanol–water partition coefficient (Wildman–Crippen LogP) is 2.09. The zero-order valence-corrected chi connectivity index (χ0v) is 13.3. The summed E-state index contributed by atoms with van der Waals surface area (Å²) in [5.41, 5.74) is 0.912. The monoisotopic (exact) mass is 302 g/mol. The number of methoxy groups -OCH3 is 2. The Kier molecular flexibility index (Phi) is 4.29. The molecular formula is C16H22N4O2. The Morgan fingerprint density at radius 3 is 2.82 bits per heavy atom. The number of likely N-dealkylation sites (tertiary alicyclic amines) is 1. The van der Waals surface area contributed by atoms with E-state index in [1.807, 2.05) is 22.8 Å². The van der Waals surface area contributed by atoms with Gasteiger partial charge in [0.1, 0.15) is 23.7 Å². The SMILES string of the molecule is COc1ccc(OC)c(-n2cnnc2[C@@H]2CCCN(C)C2)c1. The highest BCUT2D eigenvalue weighted by Crippen LogP contribution is 2.32. The van der Waals surface area contributed by atoms with Crippen LogP contribution in [0.3, 0.4) is 0 Å². The minimum atomic E-state index is 0.386. The van der Waals surface area contributed by atoms with Crippen molar-refractivity contribution in [1.82, 2.24) is 19.7 Å². The summed E-state index contributed by atoms with van der Waals surface area (Å²) in [6.45, 7) is 2.15. The van der Waals surface area contributed by atoms with Gasteiger partial charge in [-0.25, -0.2) is 0 Å². The van der Waals surface area contributed by atoms with Gasteiger partial charge in [0.25, 0.3) is 0 Å². The van der Waals surface area contributed by atoms with Crippen molar-refractivity contribution in [1.29, 1.82) is 0 Å². The smallest absolute Gasteiger partial charge is 0.143 e. The molecule has 1 atom stereocenters. The maximum atomic E-state index is 5.49. The predicted molar refractivity (Wildman–Crippen MR) is 83.9 cm³/mol. The second kappa shape index (κ2) is 6.36. The van der Waals surface area contributed by atoms with Gasteiger partial charge >= 0.3 is 0 Å². The van der Waals surface area contributed by atoms with Crippen molar-refractivity contribution >= 4 is 0 Å². The van der Waals surface area contributed by atoms with Crippen LogP contribution in [-0.4, -0.2) is 54.0 Å².